The molecule has 0 aliphatic carbocycles. The fourth-order valence-electron chi connectivity index (χ4n) is 2.63. The molecule has 0 saturated carbocycles. The van der Waals surface area contributed by atoms with Gasteiger partial charge in [0.15, 0.2) is 0 Å². The average molecular weight is 221 g/mol. The van der Waals surface area contributed by atoms with E-state index in [4.69, 9.17) is 0 Å². The van der Waals surface area contributed by atoms with Gasteiger partial charge in [-0.15, -0.1) is 10.2 Å². The van der Waals surface area contributed by atoms with Crippen molar-refractivity contribution in [1.29, 1.82) is 0 Å². The second-order valence-electron chi connectivity index (χ2n) is 4.86. The Labute approximate surface area is 95.8 Å². The SMILES string of the molecule is c1nnc2n1CCN(CCC1CCNC1)C2. The maximum absolute atomic E-state index is 4.15. The molecule has 0 radical (unpaired) electrons. The summed E-state index contributed by atoms with van der Waals surface area (Å²) in [5.74, 6) is 2.01. The second kappa shape index (κ2) is 4.51. The Bertz CT molecular complexity index is 342. The average Bonchev–Trinajstić information content (AvgIpc) is 2.97. The molecule has 5 heteroatoms. The number of nitrogens with one attached hydrogen (secondary N) is 1. The number of aromatic nitrogens is 3. The van der Waals surface area contributed by atoms with Crippen molar-refractivity contribution >= 4 is 0 Å². The van der Waals surface area contributed by atoms with Gasteiger partial charge in [0.05, 0.1) is 6.54 Å². The zero-order valence-electron chi connectivity index (χ0n) is 9.60. The molecule has 1 unspecified atom stereocenters. The topological polar surface area (TPSA) is 46.0 Å². The molecule has 3 heterocycles. The summed E-state index contributed by atoms with van der Waals surface area (Å²) in [7, 11) is 0. The summed E-state index contributed by atoms with van der Waals surface area (Å²) in [5.41, 5.74) is 0. The van der Waals surface area contributed by atoms with Gasteiger partial charge in [-0.25, -0.2) is 0 Å². The Hall–Kier alpha value is -0.940. The van der Waals surface area contributed by atoms with Gasteiger partial charge >= 0.3 is 0 Å². The highest BCUT2D eigenvalue weighted by Crippen LogP contribution is 2.15. The summed E-state index contributed by atoms with van der Waals surface area (Å²) < 4.78 is 2.16. The fraction of sp³-hybridized carbons (Fsp3) is 0.818. The Balaban J connectivity index is 1.50. The zero-order chi connectivity index (χ0) is 10.8. The molecule has 2 aliphatic heterocycles. The molecule has 0 bridgehead atoms. The number of hydrogen-bond donors (Lipinski definition) is 1. The minimum Gasteiger partial charge on any atom is -0.316 e. The number of fused-ring (bicyclic) bond motifs is 1. The van der Waals surface area contributed by atoms with E-state index in [0.717, 1.165) is 31.4 Å². The first kappa shape index (κ1) is 10.2. The summed E-state index contributed by atoms with van der Waals surface area (Å²) in [6, 6.07) is 0. The molecule has 0 amide bonds. The van der Waals surface area contributed by atoms with Crippen molar-refractivity contribution in [2.24, 2.45) is 5.92 Å². The van der Waals surface area contributed by atoms with Gasteiger partial charge in [0.2, 0.25) is 0 Å². The third-order valence-corrected chi connectivity index (χ3v) is 3.73. The van der Waals surface area contributed by atoms with Crippen LogP contribution in [0.5, 0.6) is 0 Å². The van der Waals surface area contributed by atoms with Crippen molar-refractivity contribution in [1.82, 2.24) is 25.0 Å². The third-order valence-electron chi connectivity index (χ3n) is 3.73. The molecular formula is C11H19N5. The molecule has 2 aliphatic rings. The standard InChI is InChI=1S/C11H19N5/c1-3-12-7-10(1)2-4-15-5-6-16-9-13-14-11(16)8-15/h9-10,12H,1-8H2. The molecule has 1 aromatic rings. The monoisotopic (exact) mass is 221 g/mol. The summed E-state index contributed by atoms with van der Waals surface area (Å²) in [5, 5.41) is 11.5. The number of hydrogen-bond acceptors (Lipinski definition) is 4. The lowest BCUT2D eigenvalue weighted by Gasteiger charge is -2.27. The predicted molar refractivity (Wildman–Crippen MR) is 60.9 cm³/mol. The highest BCUT2D eigenvalue weighted by atomic mass is 15.3. The number of rotatable bonds is 3. The van der Waals surface area contributed by atoms with E-state index in [9.17, 15) is 0 Å². The molecule has 88 valence electrons. The normalized spacial score (nSPS) is 25.9. The number of nitrogens with zero attached hydrogens (tertiary/aromatic N) is 4. The molecular weight excluding hydrogens is 202 g/mol. The summed E-state index contributed by atoms with van der Waals surface area (Å²) in [6.07, 6.45) is 4.51. The van der Waals surface area contributed by atoms with Gasteiger partial charge in [-0.2, -0.15) is 0 Å². The lowest BCUT2D eigenvalue weighted by Crippen LogP contribution is -2.35. The van der Waals surface area contributed by atoms with Gasteiger partial charge in [-0.05, 0) is 38.4 Å². The van der Waals surface area contributed by atoms with Crippen molar-refractivity contribution in [3.05, 3.63) is 12.2 Å². The largest absolute Gasteiger partial charge is 0.316 e. The Morgan fingerprint density at radius 2 is 2.44 bits per heavy atom. The van der Waals surface area contributed by atoms with Gasteiger partial charge in [0.1, 0.15) is 12.2 Å². The molecule has 1 N–H and O–H groups in total. The maximum atomic E-state index is 4.15. The maximum Gasteiger partial charge on any atom is 0.147 e. The highest BCUT2D eigenvalue weighted by Gasteiger charge is 2.19. The van der Waals surface area contributed by atoms with Crippen LogP contribution in [0.3, 0.4) is 0 Å². The molecule has 1 saturated heterocycles. The predicted octanol–water partition coefficient (Wildman–Crippen LogP) is 0.0933. The van der Waals surface area contributed by atoms with E-state index in [1.165, 1.54) is 32.5 Å². The van der Waals surface area contributed by atoms with Gasteiger partial charge in [0, 0.05) is 13.1 Å². The van der Waals surface area contributed by atoms with Crippen LogP contribution in [0.25, 0.3) is 0 Å². The van der Waals surface area contributed by atoms with Crippen LogP contribution in [0.15, 0.2) is 6.33 Å². The lowest BCUT2D eigenvalue weighted by atomic mass is 10.0. The van der Waals surface area contributed by atoms with Crippen LogP contribution in [-0.2, 0) is 13.1 Å². The van der Waals surface area contributed by atoms with Crippen LogP contribution in [0.1, 0.15) is 18.7 Å². The van der Waals surface area contributed by atoms with Gasteiger partial charge in [-0.3, -0.25) is 4.90 Å². The van der Waals surface area contributed by atoms with E-state index >= 15 is 0 Å². The summed E-state index contributed by atoms with van der Waals surface area (Å²) in [6.45, 7) is 6.79. The van der Waals surface area contributed by atoms with Crippen LogP contribution in [-0.4, -0.2) is 45.8 Å². The Morgan fingerprint density at radius 1 is 1.44 bits per heavy atom. The summed E-state index contributed by atoms with van der Waals surface area (Å²) >= 11 is 0. The summed E-state index contributed by atoms with van der Waals surface area (Å²) in [4.78, 5) is 2.50. The van der Waals surface area contributed by atoms with Crippen LogP contribution < -0.4 is 5.32 Å². The van der Waals surface area contributed by atoms with Gasteiger partial charge in [0.25, 0.3) is 0 Å². The molecule has 16 heavy (non-hydrogen) atoms. The minimum absolute atomic E-state index is 0.889. The lowest BCUT2D eigenvalue weighted by molar-refractivity contribution is 0.204. The Kier molecular flexibility index (Phi) is 2.88. The van der Waals surface area contributed by atoms with E-state index in [-0.39, 0.29) is 0 Å². The van der Waals surface area contributed by atoms with Crippen molar-refractivity contribution in [3.63, 3.8) is 0 Å². The zero-order valence-corrected chi connectivity index (χ0v) is 9.60. The first-order chi connectivity index (χ1) is 7.92. The van der Waals surface area contributed by atoms with Gasteiger partial charge < -0.3 is 9.88 Å². The highest BCUT2D eigenvalue weighted by molar-refractivity contribution is 4.90. The first-order valence-corrected chi connectivity index (χ1v) is 6.21. The smallest absolute Gasteiger partial charge is 0.147 e. The Morgan fingerprint density at radius 3 is 3.31 bits per heavy atom. The third kappa shape index (κ3) is 2.10. The molecule has 0 spiro atoms. The van der Waals surface area contributed by atoms with E-state index < -0.39 is 0 Å². The molecule has 1 atom stereocenters. The molecule has 3 rings (SSSR count). The van der Waals surface area contributed by atoms with E-state index in [2.05, 4.69) is 25.0 Å². The quantitative estimate of drug-likeness (QED) is 0.786. The van der Waals surface area contributed by atoms with Crippen LogP contribution in [0, 0.1) is 5.92 Å². The van der Waals surface area contributed by atoms with E-state index in [1.54, 1.807) is 0 Å². The fourth-order valence-corrected chi connectivity index (χ4v) is 2.63. The minimum atomic E-state index is 0.889. The van der Waals surface area contributed by atoms with Crippen molar-refractivity contribution in [2.75, 3.05) is 26.2 Å². The van der Waals surface area contributed by atoms with Crippen LogP contribution >= 0.6 is 0 Å². The van der Waals surface area contributed by atoms with Crippen LogP contribution in [0.2, 0.25) is 0 Å². The molecule has 1 fully saturated rings. The molecule has 0 aromatic carbocycles. The van der Waals surface area contributed by atoms with Gasteiger partial charge in [-0.1, -0.05) is 0 Å². The van der Waals surface area contributed by atoms with E-state index in [1.807, 2.05) is 6.33 Å². The molecule has 5 nitrogen and oxygen atoms in total. The van der Waals surface area contributed by atoms with Crippen molar-refractivity contribution in [3.8, 4) is 0 Å². The first-order valence-electron chi connectivity index (χ1n) is 6.21. The van der Waals surface area contributed by atoms with E-state index in [0.29, 0.717) is 0 Å². The van der Waals surface area contributed by atoms with Crippen molar-refractivity contribution in [2.45, 2.75) is 25.9 Å². The van der Waals surface area contributed by atoms with Crippen LogP contribution in [0.4, 0.5) is 0 Å². The van der Waals surface area contributed by atoms with Crippen molar-refractivity contribution < 1.29 is 0 Å². The second-order valence-corrected chi connectivity index (χ2v) is 4.86. The molecule has 1 aromatic heterocycles.